The number of carboxylic acid groups (broad SMARTS) is 4. The molecule has 7 heterocycles. The highest BCUT2D eigenvalue weighted by Crippen LogP contribution is 2.40. The minimum atomic E-state index is -1.26. The van der Waals surface area contributed by atoms with Gasteiger partial charge in [0.05, 0.1) is 71.6 Å². The van der Waals surface area contributed by atoms with Gasteiger partial charge in [-0.15, -0.1) is 0 Å². The van der Waals surface area contributed by atoms with E-state index < -0.39 is 97.6 Å². The van der Waals surface area contributed by atoms with Gasteiger partial charge in [0.15, 0.2) is 26.4 Å². The summed E-state index contributed by atoms with van der Waals surface area (Å²) in [4.78, 5) is 178. The molecule has 12 aromatic rings. The lowest BCUT2D eigenvalue weighted by Gasteiger charge is -2.29. The first-order chi connectivity index (χ1) is 71.7. The Morgan fingerprint density at radius 1 is 0.313 bits per heavy atom. The molecule has 0 unspecified atom stereocenters. The van der Waals surface area contributed by atoms with E-state index in [2.05, 4.69) is 67.5 Å². The number of amidine groups is 4. The number of carbonyl (C=O) groups is 12. The number of aliphatic carboxylic acids is 4. The Bertz CT molecular complexity index is 7140. The summed E-state index contributed by atoms with van der Waals surface area (Å²) in [6.07, 6.45) is 10.7. The van der Waals surface area contributed by atoms with Crippen LogP contribution in [0.3, 0.4) is 0 Å². The molecule has 40 nitrogen and oxygen atoms in total. The second-order valence-corrected chi connectivity index (χ2v) is 36.2. The average molecular weight is 2200 g/mol. The molecule has 8 amide bonds. The van der Waals surface area contributed by atoms with Gasteiger partial charge < -0.3 is 102 Å². The first kappa shape index (κ1) is 112. The first-order valence-electron chi connectivity index (χ1n) is 45.0. The number of rotatable bonds is 32. The van der Waals surface area contributed by atoms with Crippen molar-refractivity contribution in [3.63, 3.8) is 0 Å². The fourth-order valence-electron chi connectivity index (χ4n) is 14.5. The molecule has 0 spiro atoms. The Balaban J connectivity index is 0.000000177. The highest BCUT2D eigenvalue weighted by atomic mass is 35.5. The maximum absolute atomic E-state index is 13.2. The molecule has 8 aromatic carbocycles. The van der Waals surface area contributed by atoms with Crippen LogP contribution in [0.25, 0.3) is 0 Å². The molecule has 15 N–H and O–H groups in total. The van der Waals surface area contributed by atoms with Gasteiger partial charge in [0.25, 0.3) is 47.3 Å². The van der Waals surface area contributed by atoms with Crippen LogP contribution >= 0.6 is 92.8 Å². The predicted molar refractivity (Wildman–Crippen MR) is 569 cm³/mol. The third kappa shape index (κ3) is 32.0. The van der Waals surface area contributed by atoms with Crippen LogP contribution in [-0.4, -0.2) is 241 Å². The minimum absolute atomic E-state index is 0.0499. The van der Waals surface area contributed by atoms with Gasteiger partial charge in [-0.05, 0) is 153 Å². The summed E-state index contributed by atoms with van der Waals surface area (Å²) in [7, 11) is 5.40. The predicted octanol–water partition coefficient (Wildman–Crippen LogP) is 18.2. The number of likely N-dealkylation sites (N-methyl/N-ethyl adjacent to an activating group) is 1. The second-order valence-electron chi connectivity index (χ2n) is 32.7. The van der Waals surface area contributed by atoms with Crippen molar-refractivity contribution < 1.29 is 96.9 Å². The quantitative estimate of drug-likeness (QED) is 0.0137. The van der Waals surface area contributed by atoms with Crippen LogP contribution in [0.1, 0.15) is 137 Å². The van der Waals surface area contributed by atoms with Gasteiger partial charge in [-0.25, -0.2) is 39.1 Å². The molecule has 774 valence electrons. The number of aromatic nitrogens is 4. The van der Waals surface area contributed by atoms with Gasteiger partial charge in [0.1, 0.15) is 69.6 Å². The summed E-state index contributed by atoms with van der Waals surface area (Å²) in [5, 5.41) is 84.0. The molecule has 0 saturated carbocycles. The number of hydrogen-bond acceptors (Lipinski definition) is 25. The van der Waals surface area contributed by atoms with Crippen LogP contribution in [0.5, 0.6) is 23.0 Å². The molecule has 4 aromatic heterocycles. The van der Waals surface area contributed by atoms with Gasteiger partial charge in [-0.2, -0.15) is 0 Å². The monoisotopic (exact) mass is 2190 g/mol. The molecule has 0 bridgehead atoms. The molecule has 15 rings (SSSR count). The molecule has 0 atom stereocenters. The maximum atomic E-state index is 13.2. The summed E-state index contributed by atoms with van der Waals surface area (Å²) in [5.74, 6) is -7.73. The van der Waals surface area contributed by atoms with Crippen LogP contribution in [0.2, 0.25) is 40.2 Å². The highest BCUT2D eigenvalue weighted by molar-refractivity contribution is 6.35. The molecule has 48 heteroatoms. The lowest BCUT2D eigenvalue weighted by molar-refractivity contribution is -0.140. The van der Waals surface area contributed by atoms with Crippen LogP contribution < -0.4 is 61.5 Å². The number of amides is 8. The van der Waals surface area contributed by atoms with Gasteiger partial charge >= 0.3 is 23.9 Å². The fourth-order valence-corrected chi connectivity index (χ4v) is 15.8. The average Bonchev–Trinajstić information content (AvgIpc) is 1.52. The summed E-state index contributed by atoms with van der Waals surface area (Å²) >= 11 is 48.1. The zero-order valence-electron chi connectivity index (χ0n) is 79.3. The summed E-state index contributed by atoms with van der Waals surface area (Å²) in [5.41, 5.74) is 3.32. The van der Waals surface area contributed by atoms with E-state index in [9.17, 15) is 57.5 Å². The number of ether oxygens (including phenoxy) is 4. The summed E-state index contributed by atoms with van der Waals surface area (Å²) in [6, 6.07) is 48.7. The van der Waals surface area contributed by atoms with E-state index in [1.807, 2.05) is 21.7 Å². The smallest absolute Gasteiger partial charge is 0.341 e. The van der Waals surface area contributed by atoms with Crippen molar-refractivity contribution in [2.75, 3.05) is 129 Å². The normalized spacial score (nSPS) is 12.2. The van der Waals surface area contributed by atoms with E-state index in [1.165, 1.54) is 116 Å². The molecule has 3 aliphatic rings. The standard InChI is InChI=1S/C27H25Cl2N5O5.C26H23Cl2N5O5.C25H21Cl2N5O5.C24H21Cl2N5O5/c28-18-8-9-22(31-14-18)32-27(38)20-12-19(29)13-21(39-15-23(35)36)24(20)33-26(37)17-6-4-16(5-7-17)25(30)34-10-2-1-3-11-34;27-17-7-8-21(30-13-17)31-26(37)19-11-18(28)12-20(38-14-22(34)35)23(19)32-25(36)16-5-3-15(4-6-16)24(29)33-9-1-2-10-33;1-32-9-8-28-23(32)14-2-4-15(5-3-14)24(35)31-22-18(10-17(27)11-19(22)37-13-21(33)34)25(36)30-20-7-6-16(26)12-29-20;1-31(2)22(27)13-3-5-14(6-4-13)23(34)30-21-17(9-16(26)10-18(21)36-12-20(32)33)24(35)29-19-8-7-15(25)11-28-19/h4-9,12-14,30H,1-3,10-11,15H2,(H,33,37)(H,35,36)(H,31,32,38);3-8,11-13,29H,1-2,9-10,14H2,(H,32,36)(H,34,35)(H,30,31,37);2-7,10-12H,8-9,13H2,1H3,(H,31,35)(H,33,34)(H,29,30,36);3-11,27H,12H2,1-2H3,(H,30,34)(H,32,33)(H,28,29,35). The van der Waals surface area contributed by atoms with Crippen molar-refractivity contribution in [2.45, 2.75) is 32.1 Å². The van der Waals surface area contributed by atoms with Crippen molar-refractivity contribution in [1.29, 1.82) is 16.2 Å². The number of pyridine rings is 4. The number of aliphatic imine (C=N–C) groups is 1. The summed E-state index contributed by atoms with van der Waals surface area (Å²) < 4.78 is 21.3. The number of halogens is 8. The minimum Gasteiger partial charge on any atom is -0.480 e. The van der Waals surface area contributed by atoms with Crippen molar-refractivity contribution >= 4 is 233 Å². The molecular weight excluding hydrogens is 2110 g/mol. The van der Waals surface area contributed by atoms with Crippen molar-refractivity contribution in [1.82, 2.24) is 39.5 Å². The SMILES string of the molecule is CN(C)C(=N)c1ccc(C(=O)Nc2c(OCC(=O)O)cc(Cl)cc2C(=O)Nc2ccc(Cl)cn2)cc1.CN1CCN=C1c1ccc(C(=O)Nc2c(OCC(=O)O)cc(Cl)cc2C(=O)Nc2ccc(Cl)cn2)cc1.N=C(c1ccc(C(=O)Nc2c(OCC(=O)O)cc(Cl)cc2C(=O)Nc2ccc(Cl)cn2)cc1)N1CCCC1.N=C(c1ccc(C(=O)Nc2c(OCC(=O)O)cc(Cl)cc2C(=O)Nc2ccc(Cl)cn2)cc1)N1CCCCC1. The van der Waals surface area contributed by atoms with Crippen molar-refractivity contribution in [3.05, 3.63) is 326 Å². The van der Waals surface area contributed by atoms with Crippen molar-refractivity contribution in [3.8, 4) is 23.0 Å². The summed E-state index contributed by atoms with van der Waals surface area (Å²) in [6.45, 7) is 1.94. The lowest BCUT2D eigenvalue weighted by atomic mass is 10.1. The maximum Gasteiger partial charge on any atom is 0.341 e. The third-order valence-electron chi connectivity index (χ3n) is 21.7. The number of nitrogens with zero attached hydrogens (tertiary/aromatic N) is 9. The zero-order chi connectivity index (χ0) is 108. The molecule has 2 saturated heterocycles. The topological polar surface area (TPSA) is 567 Å². The van der Waals surface area contributed by atoms with E-state index >= 15 is 0 Å². The Morgan fingerprint density at radius 2 is 0.560 bits per heavy atom. The van der Waals surface area contributed by atoms with E-state index in [1.54, 1.807) is 122 Å². The number of benzene rings is 8. The lowest BCUT2D eigenvalue weighted by Crippen LogP contribution is -2.35. The van der Waals surface area contributed by atoms with E-state index in [4.69, 9.17) is 148 Å². The molecule has 2 fully saturated rings. The second kappa shape index (κ2) is 53.1. The van der Waals surface area contributed by atoms with Crippen LogP contribution in [0, 0.1) is 16.2 Å². The number of likely N-dealkylation sites (tertiary alicyclic amines) is 2. The highest BCUT2D eigenvalue weighted by Gasteiger charge is 2.30. The Hall–Kier alpha value is -16.6. The molecule has 150 heavy (non-hydrogen) atoms. The number of carboxylic acids is 4. The molecule has 0 radical (unpaired) electrons. The number of nitrogens with one attached hydrogen (secondary N) is 11. The number of anilines is 8. The van der Waals surface area contributed by atoms with E-state index in [-0.39, 0.29) is 134 Å². The first-order valence-corrected chi connectivity index (χ1v) is 48.0. The number of hydrogen-bond donors (Lipinski definition) is 15. The molecular formula is C102H90Cl8N20O20. The molecule has 0 aliphatic carbocycles. The number of carbonyl (C=O) groups excluding carboxylic acids is 8. The van der Waals surface area contributed by atoms with Gasteiger partial charge in [0.2, 0.25) is 0 Å². The van der Waals surface area contributed by atoms with Gasteiger partial charge in [0, 0.05) is 168 Å². The molecule has 3 aliphatic heterocycles. The largest absolute Gasteiger partial charge is 0.480 e. The Labute approximate surface area is 895 Å². The van der Waals surface area contributed by atoms with E-state index in [0.717, 1.165) is 76.2 Å². The Morgan fingerprint density at radius 3 is 0.793 bits per heavy atom. The third-order valence-corrected chi connectivity index (χ3v) is 23.5. The van der Waals surface area contributed by atoms with Crippen LogP contribution in [0.15, 0.2) is 224 Å². The van der Waals surface area contributed by atoms with E-state index in [0.29, 0.717) is 60.6 Å². The number of piperidine rings is 1. The zero-order valence-corrected chi connectivity index (χ0v) is 85.3. The van der Waals surface area contributed by atoms with Gasteiger partial charge in [-0.3, -0.25) is 59.6 Å². The van der Waals surface area contributed by atoms with Crippen molar-refractivity contribution in [2.24, 2.45) is 4.99 Å². The van der Waals surface area contributed by atoms with Crippen LogP contribution in [0.4, 0.5) is 46.0 Å². The van der Waals surface area contributed by atoms with Gasteiger partial charge in [-0.1, -0.05) is 141 Å². The van der Waals surface area contributed by atoms with Crippen LogP contribution in [-0.2, 0) is 19.2 Å². The Kier molecular flexibility index (Phi) is 39.7. The fraction of sp³-hybridized carbons (Fsp3) is 0.176.